The zero-order valence-electron chi connectivity index (χ0n) is 12.1. The van der Waals surface area contributed by atoms with Gasteiger partial charge in [0, 0.05) is 25.7 Å². The van der Waals surface area contributed by atoms with Gasteiger partial charge in [-0.05, 0) is 24.6 Å². The van der Waals surface area contributed by atoms with Crippen molar-refractivity contribution in [1.82, 2.24) is 9.88 Å². The standard InChI is InChI=1S/C16H18ClN3O/c1-3-20(11-12-7-5-4-6-8-12)16(21)13-9-14(17)19-15(10-13)18-2/h4-10H,3,11H2,1-2H3,(H,18,19). The average Bonchev–Trinajstić information content (AvgIpc) is 2.52. The minimum absolute atomic E-state index is 0.0536. The van der Waals surface area contributed by atoms with Gasteiger partial charge in [0.1, 0.15) is 11.0 Å². The molecule has 1 aromatic heterocycles. The first-order valence-corrected chi connectivity index (χ1v) is 7.20. The van der Waals surface area contributed by atoms with E-state index in [4.69, 9.17) is 11.6 Å². The Morgan fingerprint density at radius 2 is 2.00 bits per heavy atom. The number of rotatable bonds is 5. The summed E-state index contributed by atoms with van der Waals surface area (Å²) in [5.41, 5.74) is 1.64. The van der Waals surface area contributed by atoms with Crippen molar-refractivity contribution < 1.29 is 4.79 Å². The molecule has 1 amide bonds. The van der Waals surface area contributed by atoms with Crippen LogP contribution in [0.1, 0.15) is 22.8 Å². The molecule has 0 aliphatic rings. The van der Waals surface area contributed by atoms with E-state index in [0.29, 0.717) is 29.6 Å². The number of nitrogens with one attached hydrogen (secondary N) is 1. The van der Waals surface area contributed by atoms with Crippen molar-refractivity contribution in [2.75, 3.05) is 18.9 Å². The van der Waals surface area contributed by atoms with Gasteiger partial charge in [-0.15, -0.1) is 0 Å². The molecule has 0 fully saturated rings. The molecular formula is C16H18ClN3O. The Labute approximate surface area is 129 Å². The highest BCUT2D eigenvalue weighted by Crippen LogP contribution is 2.17. The Balaban J connectivity index is 2.22. The molecule has 0 spiro atoms. The van der Waals surface area contributed by atoms with Gasteiger partial charge in [0.2, 0.25) is 0 Å². The van der Waals surface area contributed by atoms with Crippen LogP contribution in [0, 0.1) is 0 Å². The number of amides is 1. The van der Waals surface area contributed by atoms with E-state index in [1.807, 2.05) is 37.3 Å². The number of carbonyl (C=O) groups is 1. The van der Waals surface area contributed by atoms with Crippen molar-refractivity contribution in [1.29, 1.82) is 0 Å². The fraction of sp³-hybridized carbons (Fsp3) is 0.250. The summed E-state index contributed by atoms with van der Waals surface area (Å²) >= 11 is 5.96. The van der Waals surface area contributed by atoms with Crippen LogP contribution in [0.5, 0.6) is 0 Å². The summed E-state index contributed by atoms with van der Waals surface area (Å²) in [6, 6.07) is 13.2. The molecule has 0 atom stereocenters. The van der Waals surface area contributed by atoms with Gasteiger partial charge in [0.05, 0.1) is 0 Å². The number of aromatic nitrogens is 1. The smallest absolute Gasteiger partial charge is 0.254 e. The lowest BCUT2D eigenvalue weighted by molar-refractivity contribution is 0.0752. The maximum atomic E-state index is 12.6. The topological polar surface area (TPSA) is 45.2 Å². The van der Waals surface area contributed by atoms with Gasteiger partial charge in [-0.3, -0.25) is 4.79 Å². The van der Waals surface area contributed by atoms with Crippen molar-refractivity contribution in [3.05, 3.63) is 58.7 Å². The summed E-state index contributed by atoms with van der Waals surface area (Å²) in [5, 5.41) is 3.21. The van der Waals surface area contributed by atoms with Gasteiger partial charge >= 0.3 is 0 Å². The van der Waals surface area contributed by atoms with E-state index in [0.717, 1.165) is 5.56 Å². The van der Waals surface area contributed by atoms with Gasteiger partial charge in [-0.2, -0.15) is 0 Å². The van der Waals surface area contributed by atoms with Crippen LogP contribution in [0.4, 0.5) is 5.82 Å². The zero-order chi connectivity index (χ0) is 15.2. The second-order valence-electron chi connectivity index (χ2n) is 4.62. The molecule has 0 unspecified atom stereocenters. The maximum absolute atomic E-state index is 12.6. The molecular weight excluding hydrogens is 286 g/mol. The van der Waals surface area contributed by atoms with E-state index in [9.17, 15) is 4.79 Å². The third kappa shape index (κ3) is 3.95. The first kappa shape index (κ1) is 15.3. The Bertz CT molecular complexity index is 616. The molecule has 110 valence electrons. The van der Waals surface area contributed by atoms with Gasteiger partial charge in [-0.1, -0.05) is 41.9 Å². The molecule has 1 heterocycles. The molecule has 1 aromatic carbocycles. The lowest BCUT2D eigenvalue weighted by Crippen LogP contribution is -2.30. The van der Waals surface area contributed by atoms with Crippen LogP contribution >= 0.6 is 11.6 Å². The number of hydrogen-bond donors (Lipinski definition) is 1. The first-order chi connectivity index (χ1) is 10.1. The van der Waals surface area contributed by atoms with Gasteiger partial charge < -0.3 is 10.2 Å². The number of pyridine rings is 1. The van der Waals surface area contributed by atoms with E-state index in [2.05, 4.69) is 10.3 Å². The fourth-order valence-corrected chi connectivity index (χ4v) is 2.27. The quantitative estimate of drug-likeness (QED) is 0.861. The molecule has 0 saturated carbocycles. The van der Waals surface area contributed by atoms with E-state index in [1.54, 1.807) is 24.1 Å². The second-order valence-corrected chi connectivity index (χ2v) is 5.01. The third-order valence-electron chi connectivity index (χ3n) is 3.18. The molecule has 2 aromatic rings. The Morgan fingerprint density at radius 3 is 2.62 bits per heavy atom. The summed E-state index contributed by atoms with van der Waals surface area (Å²) in [7, 11) is 1.74. The Hall–Kier alpha value is -2.07. The minimum atomic E-state index is -0.0536. The number of halogens is 1. The summed E-state index contributed by atoms with van der Waals surface area (Å²) < 4.78 is 0. The SMILES string of the molecule is CCN(Cc1ccccc1)C(=O)c1cc(Cl)nc(NC)c1. The Morgan fingerprint density at radius 1 is 1.29 bits per heavy atom. The largest absolute Gasteiger partial charge is 0.373 e. The number of nitrogens with zero attached hydrogens (tertiary/aromatic N) is 2. The average molecular weight is 304 g/mol. The molecule has 0 saturated heterocycles. The highest BCUT2D eigenvalue weighted by Gasteiger charge is 2.16. The molecule has 21 heavy (non-hydrogen) atoms. The molecule has 0 radical (unpaired) electrons. The lowest BCUT2D eigenvalue weighted by atomic mass is 10.2. The molecule has 2 rings (SSSR count). The normalized spacial score (nSPS) is 10.2. The Kier molecular flexibility index (Phi) is 5.17. The summed E-state index contributed by atoms with van der Waals surface area (Å²) in [4.78, 5) is 18.5. The number of hydrogen-bond acceptors (Lipinski definition) is 3. The fourth-order valence-electron chi connectivity index (χ4n) is 2.06. The van der Waals surface area contributed by atoms with Crippen molar-refractivity contribution in [2.45, 2.75) is 13.5 Å². The third-order valence-corrected chi connectivity index (χ3v) is 3.38. The number of carbonyl (C=O) groups excluding carboxylic acids is 1. The second kappa shape index (κ2) is 7.09. The van der Waals surface area contributed by atoms with Crippen LogP contribution < -0.4 is 5.32 Å². The van der Waals surface area contributed by atoms with Crippen LogP contribution in [-0.2, 0) is 6.54 Å². The molecule has 0 aliphatic carbocycles. The van der Waals surface area contributed by atoms with Crippen LogP contribution in [0.15, 0.2) is 42.5 Å². The monoisotopic (exact) mass is 303 g/mol. The number of benzene rings is 1. The van der Waals surface area contributed by atoms with Crippen LogP contribution in [-0.4, -0.2) is 29.4 Å². The highest BCUT2D eigenvalue weighted by molar-refractivity contribution is 6.29. The molecule has 0 bridgehead atoms. The molecule has 5 heteroatoms. The minimum Gasteiger partial charge on any atom is -0.373 e. The highest BCUT2D eigenvalue weighted by atomic mass is 35.5. The lowest BCUT2D eigenvalue weighted by Gasteiger charge is -2.21. The zero-order valence-corrected chi connectivity index (χ0v) is 12.9. The molecule has 1 N–H and O–H groups in total. The van der Waals surface area contributed by atoms with Crippen molar-refractivity contribution in [3.63, 3.8) is 0 Å². The van der Waals surface area contributed by atoms with Gasteiger partial charge in [0.15, 0.2) is 0 Å². The van der Waals surface area contributed by atoms with Crippen LogP contribution in [0.25, 0.3) is 0 Å². The van der Waals surface area contributed by atoms with E-state index >= 15 is 0 Å². The van der Waals surface area contributed by atoms with Gasteiger partial charge in [-0.25, -0.2) is 4.98 Å². The summed E-state index contributed by atoms with van der Waals surface area (Å²) in [6.07, 6.45) is 0. The van der Waals surface area contributed by atoms with E-state index in [-0.39, 0.29) is 5.91 Å². The van der Waals surface area contributed by atoms with E-state index in [1.165, 1.54) is 0 Å². The number of anilines is 1. The van der Waals surface area contributed by atoms with Crippen LogP contribution in [0.2, 0.25) is 5.15 Å². The summed E-state index contributed by atoms with van der Waals surface area (Å²) in [5.74, 6) is 0.531. The van der Waals surface area contributed by atoms with Crippen molar-refractivity contribution >= 4 is 23.3 Å². The maximum Gasteiger partial charge on any atom is 0.254 e. The molecule has 4 nitrogen and oxygen atoms in total. The van der Waals surface area contributed by atoms with Crippen molar-refractivity contribution in [3.8, 4) is 0 Å². The van der Waals surface area contributed by atoms with E-state index < -0.39 is 0 Å². The predicted octanol–water partition coefficient (Wildman–Crippen LogP) is 3.44. The van der Waals surface area contributed by atoms with Gasteiger partial charge in [0.25, 0.3) is 5.91 Å². The van der Waals surface area contributed by atoms with Crippen LogP contribution in [0.3, 0.4) is 0 Å². The predicted molar refractivity (Wildman–Crippen MR) is 85.7 cm³/mol. The first-order valence-electron chi connectivity index (χ1n) is 6.82. The summed E-state index contributed by atoms with van der Waals surface area (Å²) in [6.45, 7) is 3.16. The van der Waals surface area contributed by atoms with Crippen molar-refractivity contribution in [2.24, 2.45) is 0 Å². The molecule has 0 aliphatic heterocycles.